The van der Waals surface area contributed by atoms with E-state index in [-0.39, 0.29) is 5.82 Å². The smallest absolute Gasteiger partial charge is 0.128 e. The van der Waals surface area contributed by atoms with Crippen molar-refractivity contribution in [2.24, 2.45) is 0 Å². The standard InChI is InChI=1S/C14H10BrCl2F/c15-10-3-1-2-9(6-10)7-13(17)12-8-11(16)4-5-14(12)18/h1-6,8,13H,7H2. The molecule has 0 saturated heterocycles. The van der Waals surface area contributed by atoms with Crippen molar-refractivity contribution >= 4 is 39.1 Å². The summed E-state index contributed by atoms with van der Waals surface area (Å²) >= 11 is 15.5. The van der Waals surface area contributed by atoms with Crippen LogP contribution in [0.2, 0.25) is 5.02 Å². The van der Waals surface area contributed by atoms with Crippen LogP contribution < -0.4 is 0 Å². The largest absolute Gasteiger partial charge is 0.207 e. The molecule has 1 unspecified atom stereocenters. The van der Waals surface area contributed by atoms with Gasteiger partial charge in [0.1, 0.15) is 5.82 Å². The Bertz CT molecular complexity index is 557. The molecular weight excluding hydrogens is 338 g/mol. The van der Waals surface area contributed by atoms with E-state index in [9.17, 15) is 4.39 Å². The molecule has 2 aromatic rings. The van der Waals surface area contributed by atoms with E-state index in [1.54, 1.807) is 6.07 Å². The zero-order chi connectivity index (χ0) is 13.1. The number of hydrogen-bond acceptors (Lipinski definition) is 0. The maximum atomic E-state index is 13.6. The Morgan fingerprint density at radius 2 is 1.94 bits per heavy atom. The van der Waals surface area contributed by atoms with Gasteiger partial charge in [-0.2, -0.15) is 0 Å². The summed E-state index contributed by atoms with van der Waals surface area (Å²) in [6.45, 7) is 0. The Balaban J connectivity index is 2.21. The van der Waals surface area contributed by atoms with E-state index in [0.717, 1.165) is 10.0 Å². The van der Waals surface area contributed by atoms with Crippen molar-refractivity contribution in [2.75, 3.05) is 0 Å². The summed E-state index contributed by atoms with van der Waals surface area (Å²) in [6.07, 6.45) is 0.554. The molecule has 0 bridgehead atoms. The van der Waals surface area contributed by atoms with E-state index >= 15 is 0 Å². The summed E-state index contributed by atoms with van der Waals surface area (Å²) in [5.74, 6) is -0.325. The molecule has 0 aliphatic heterocycles. The van der Waals surface area contributed by atoms with Gasteiger partial charge < -0.3 is 0 Å². The fourth-order valence-corrected chi connectivity index (χ4v) is 2.71. The van der Waals surface area contributed by atoms with Crippen LogP contribution in [0.5, 0.6) is 0 Å². The normalized spacial score (nSPS) is 12.4. The minimum Gasteiger partial charge on any atom is -0.207 e. The van der Waals surface area contributed by atoms with Crippen LogP contribution in [0, 0.1) is 5.82 Å². The van der Waals surface area contributed by atoms with Crippen LogP contribution in [0.1, 0.15) is 16.5 Å². The van der Waals surface area contributed by atoms with E-state index in [0.29, 0.717) is 17.0 Å². The summed E-state index contributed by atoms with van der Waals surface area (Å²) in [7, 11) is 0. The monoisotopic (exact) mass is 346 g/mol. The highest BCUT2D eigenvalue weighted by Crippen LogP contribution is 2.29. The van der Waals surface area contributed by atoms with E-state index in [1.165, 1.54) is 12.1 Å². The zero-order valence-electron chi connectivity index (χ0n) is 9.34. The number of alkyl halides is 1. The van der Waals surface area contributed by atoms with Gasteiger partial charge in [-0.3, -0.25) is 0 Å². The molecule has 0 amide bonds. The number of halogens is 4. The van der Waals surface area contributed by atoms with Gasteiger partial charge in [0.15, 0.2) is 0 Å². The third-order valence-corrected chi connectivity index (χ3v) is 3.72. The van der Waals surface area contributed by atoms with Crippen molar-refractivity contribution in [3.05, 3.63) is 68.9 Å². The lowest BCUT2D eigenvalue weighted by Crippen LogP contribution is -1.99. The summed E-state index contributed by atoms with van der Waals surface area (Å²) in [6, 6.07) is 12.2. The molecule has 4 heteroatoms. The first-order chi connectivity index (χ1) is 8.56. The molecule has 2 rings (SSSR count). The van der Waals surface area contributed by atoms with Crippen LogP contribution in [-0.2, 0) is 6.42 Å². The first-order valence-electron chi connectivity index (χ1n) is 5.40. The molecule has 0 spiro atoms. The van der Waals surface area contributed by atoms with Crippen molar-refractivity contribution in [2.45, 2.75) is 11.8 Å². The number of rotatable bonds is 3. The molecule has 0 nitrogen and oxygen atoms in total. The van der Waals surface area contributed by atoms with Crippen LogP contribution in [0.4, 0.5) is 4.39 Å². The predicted octanol–water partition coefficient (Wildman–Crippen LogP) is 5.76. The molecule has 18 heavy (non-hydrogen) atoms. The predicted molar refractivity (Wildman–Crippen MR) is 77.9 cm³/mol. The molecule has 0 heterocycles. The third kappa shape index (κ3) is 3.47. The molecular formula is C14H10BrCl2F. The topological polar surface area (TPSA) is 0 Å². The van der Waals surface area contributed by atoms with E-state index in [2.05, 4.69) is 15.9 Å². The van der Waals surface area contributed by atoms with Gasteiger partial charge in [0.2, 0.25) is 0 Å². The van der Waals surface area contributed by atoms with Crippen molar-refractivity contribution in [3.8, 4) is 0 Å². The fourth-order valence-electron chi connectivity index (χ4n) is 1.74. The Hall–Kier alpha value is -0.570. The first kappa shape index (κ1) is 13.9. The maximum absolute atomic E-state index is 13.6. The van der Waals surface area contributed by atoms with Gasteiger partial charge in [-0.25, -0.2) is 4.39 Å². The van der Waals surface area contributed by atoms with Gasteiger partial charge in [-0.05, 0) is 42.3 Å². The molecule has 0 saturated carbocycles. The van der Waals surface area contributed by atoms with Gasteiger partial charge in [0.25, 0.3) is 0 Å². The van der Waals surface area contributed by atoms with Gasteiger partial charge in [-0.15, -0.1) is 11.6 Å². The third-order valence-electron chi connectivity index (χ3n) is 2.60. The quantitative estimate of drug-likeness (QED) is 0.619. The van der Waals surface area contributed by atoms with E-state index in [1.807, 2.05) is 24.3 Å². The second-order valence-electron chi connectivity index (χ2n) is 3.97. The fraction of sp³-hybridized carbons (Fsp3) is 0.143. The van der Waals surface area contributed by atoms with Crippen molar-refractivity contribution < 1.29 is 4.39 Å². The highest BCUT2D eigenvalue weighted by atomic mass is 79.9. The molecule has 94 valence electrons. The van der Waals surface area contributed by atoms with Crippen LogP contribution in [0.25, 0.3) is 0 Å². The second-order valence-corrected chi connectivity index (χ2v) is 5.85. The molecule has 0 fully saturated rings. The Morgan fingerprint density at radius 3 is 2.67 bits per heavy atom. The van der Waals surface area contributed by atoms with E-state index in [4.69, 9.17) is 23.2 Å². The molecule has 1 atom stereocenters. The molecule has 0 aliphatic carbocycles. The zero-order valence-corrected chi connectivity index (χ0v) is 12.4. The van der Waals surface area contributed by atoms with Crippen molar-refractivity contribution in [1.82, 2.24) is 0 Å². The maximum Gasteiger partial charge on any atom is 0.128 e. The Kier molecular flexibility index (Phi) is 4.66. The lowest BCUT2D eigenvalue weighted by Gasteiger charge is -2.11. The van der Waals surface area contributed by atoms with Crippen molar-refractivity contribution in [3.63, 3.8) is 0 Å². The summed E-state index contributed by atoms with van der Waals surface area (Å²) in [5.41, 5.74) is 1.48. The SMILES string of the molecule is Fc1ccc(Cl)cc1C(Cl)Cc1cccc(Br)c1. The van der Waals surface area contributed by atoms with Gasteiger partial charge >= 0.3 is 0 Å². The summed E-state index contributed by atoms with van der Waals surface area (Å²) in [5, 5.41) is 0.0595. The highest BCUT2D eigenvalue weighted by molar-refractivity contribution is 9.10. The lowest BCUT2D eigenvalue weighted by atomic mass is 10.0. The molecule has 0 N–H and O–H groups in total. The minimum absolute atomic E-state index is 0.325. The summed E-state index contributed by atoms with van der Waals surface area (Å²) in [4.78, 5) is 0. The van der Waals surface area contributed by atoms with E-state index < -0.39 is 5.38 Å². The van der Waals surface area contributed by atoms with Gasteiger partial charge in [-0.1, -0.05) is 39.7 Å². The van der Waals surface area contributed by atoms with Gasteiger partial charge in [0, 0.05) is 15.1 Å². The second kappa shape index (κ2) is 6.05. The molecule has 2 aromatic carbocycles. The van der Waals surface area contributed by atoms with Crippen LogP contribution in [0.15, 0.2) is 46.9 Å². The van der Waals surface area contributed by atoms with Crippen molar-refractivity contribution in [1.29, 1.82) is 0 Å². The highest BCUT2D eigenvalue weighted by Gasteiger charge is 2.14. The average Bonchev–Trinajstić information content (AvgIpc) is 2.32. The summed E-state index contributed by atoms with van der Waals surface area (Å²) < 4.78 is 14.6. The van der Waals surface area contributed by atoms with Gasteiger partial charge in [0.05, 0.1) is 5.38 Å². The molecule has 0 aliphatic rings. The molecule has 0 aromatic heterocycles. The molecule has 0 radical (unpaired) electrons. The van der Waals surface area contributed by atoms with Crippen LogP contribution in [0.3, 0.4) is 0 Å². The van der Waals surface area contributed by atoms with Crippen LogP contribution in [-0.4, -0.2) is 0 Å². The number of hydrogen-bond donors (Lipinski definition) is 0. The Labute approximate surface area is 124 Å². The first-order valence-corrected chi connectivity index (χ1v) is 7.00. The lowest BCUT2D eigenvalue weighted by molar-refractivity contribution is 0.606. The average molecular weight is 348 g/mol. The Morgan fingerprint density at radius 1 is 1.17 bits per heavy atom. The van der Waals surface area contributed by atoms with Crippen LogP contribution >= 0.6 is 39.1 Å². The minimum atomic E-state index is -0.432. The number of benzene rings is 2.